The number of nitrogens with two attached hydrogens (primary N) is 1. The molecule has 0 aliphatic rings. The predicted molar refractivity (Wildman–Crippen MR) is 66.0 cm³/mol. The zero-order valence-electron chi connectivity index (χ0n) is 9.95. The summed E-state index contributed by atoms with van der Waals surface area (Å²) in [5.41, 5.74) is 11.3. The summed E-state index contributed by atoms with van der Waals surface area (Å²) < 4.78 is 5.03. The number of phenols is 1. The summed E-state index contributed by atoms with van der Waals surface area (Å²) in [5.74, 6) is 0.451. The maximum atomic E-state index is 9.87. The Bertz CT molecular complexity index is 395. The summed E-state index contributed by atoms with van der Waals surface area (Å²) >= 11 is 0. The second kappa shape index (κ2) is 5.95. The molecule has 0 saturated carbocycles. The molecule has 0 aliphatic heterocycles. The lowest BCUT2D eigenvalue weighted by Crippen LogP contribution is -2.46. The zero-order valence-corrected chi connectivity index (χ0v) is 9.95. The van der Waals surface area contributed by atoms with Gasteiger partial charge in [-0.05, 0) is 25.0 Å². The number of guanidine groups is 1. The highest BCUT2D eigenvalue weighted by Gasteiger charge is 2.10. The van der Waals surface area contributed by atoms with Gasteiger partial charge in [0.1, 0.15) is 0 Å². The average Bonchev–Trinajstić information content (AvgIpc) is 2.29. The molecular weight excluding hydrogens is 220 g/mol. The summed E-state index contributed by atoms with van der Waals surface area (Å²) in [5, 5.41) is 16.9. The zero-order chi connectivity index (χ0) is 12.8. The molecule has 1 aromatic carbocycles. The number of phenolic OH excluding ortho intramolecular Hbond substituents is 1. The number of methoxy groups -OCH3 is 1. The molecule has 94 valence electrons. The molecule has 1 atom stereocenters. The Morgan fingerprint density at radius 2 is 2.29 bits per heavy atom. The van der Waals surface area contributed by atoms with Gasteiger partial charge in [0, 0.05) is 6.04 Å². The number of ether oxygens (including phenoxy) is 1. The largest absolute Gasteiger partial charge is 0.504 e. The van der Waals surface area contributed by atoms with Crippen LogP contribution in [0.5, 0.6) is 11.5 Å². The molecule has 17 heavy (non-hydrogen) atoms. The van der Waals surface area contributed by atoms with Crippen LogP contribution in [0.4, 0.5) is 0 Å². The predicted octanol–water partition coefficient (Wildman–Crippen LogP) is 0.319. The molecule has 6 N–H and O–H groups in total. The van der Waals surface area contributed by atoms with Crippen LogP contribution in [-0.4, -0.2) is 24.2 Å². The number of nitrogens with one attached hydrogen (secondary N) is 3. The Morgan fingerprint density at radius 1 is 1.59 bits per heavy atom. The van der Waals surface area contributed by atoms with Crippen molar-refractivity contribution in [2.45, 2.75) is 19.4 Å². The van der Waals surface area contributed by atoms with E-state index in [1.807, 2.05) is 19.1 Å². The highest BCUT2D eigenvalue weighted by molar-refractivity contribution is 5.73. The fourth-order valence-corrected chi connectivity index (χ4v) is 1.48. The van der Waals surface area contributed by atoms with Crippen LogP contribution in [0.2, 0.25) is 0 Å². The number of rotatable bonds is 5. The van der Waals surface area contributed by atoms with E-state index >= 15 is 0 Å². The van der Waals surface area contributed by atoms with E-state index in [1.165, 1.54) is 7.11 Å². The summed E-state index contributed by atoms with van der Waals surface area (Å²) in [6, 6.07) is 5.35. The van der Waals surface area contributed by atoms with Crippen LogP contribution in [0, 0.1) is 5.41 Å². The number of para-hydroxylation sites is 1. The van der Waals surface area contributed by atoms with E-state index < -0.39 is 0 Å². The standard InChI is InChI=1S/C11H18N4O2/c1-7(14-15-11(12)13)6-8-4-3-5-9(17-2)10(8)16/h3-5,7,14,16H,6H2,1-2H3,(H4,12,13,15). The molecule has 0 fully saturated rings. The first kappa shape index (κ1) is 13.1. The van der Waals surface area contributed by atoms with Crippen molar-refractivity contribution in [1.82, 2.24) is 10.9 Å². The van der Waals surface area contributed by atoms with E-state index in [0.29, 0.717) is 12.2 Å². The summed E-state index contributed by atoms with van der Waals surface area (Å²) in [6.45, 7) is 1.91. The Morgan fingerprint density at radius 3 is 2.88 bits per heavy atom. The number of aromatic hydroxyl groups is 1. The van der Waals surface area contributed by atoms with E-state index in [-0.39, 0.29) is 17.8 Å². The molecule has 0 aromatic heterocycles. The highest BCUT2D eigenvalue weighted by Crippen LogP contribution is 2.29. The first-order valence-corrected chi connectivity index (χ1v) is 5.25. The van der Waals surface area contributed by atoms with Crippen LogP contribution in [0.25, 0.3) is 0 Å². The van der Waals surface area contributed by atoms with Crippen molar-refractivity contribution in [2.75, 3.05) is 7.11 Å². The molecule has 0 saturated heterocycles. The van der Waals surface area contributed by atoms with Crippen molar-refractivity contribution in [3.05, 3.63) is 23.8 Å². The maximum absolute atomic E-state index is 9.87. The van der Waals surface area contributed by atoms with Crippen molar-refractivity contribution >= 4 is 5.96 Å². The van der Waals surface area contributed by atoms with E-state index in [9.17, 15) is 5.11 Å². The lowest BCUT2D eigenvalue weighted by molar-refractivity contribution is 0.368. The normalized spacial score (nSPS) is 11.9. The third-order valence-electron chi connectivity index (χ3n) is 2.28. The quantitative estimate of drug-likeness (QED) is 0.289. The van der Waals surface area contributed by atoms with Gasteiger partial charge in [0.25, 0.3) is 0 Å². The fraction of sp³-hybridized carbons (Fsp3) is 0.364. The number of hydrogen-bond acceptors (Lipinski definition) is 4. The Kier molecular flexibility index (Phi) is 4.59. The van der Waals surface area contributed by atoms with Gasteiger partial charge in [-0.25, -0.2) is 5.43 Å². The molecule has 1 unspecified atom stereocenters. The van der Waals surface area contributed by atoms with Gasteiger partial charge in [-0.2, -0.15) is 0 Å². The highest BCUT2D eigenvalue weighted by atomic mass is 16.5. The minimum absolute atomic E-state index is 0.0110. The van der Waals surface area contributed by atoms with Gasteiger partial charge in [0.05, 0.1) is 7.11 Å². The first-order chi connectivity index (χ1) is 8.04. The van der Waals surface area contributed by atoms with Gasteiger partial charge in [-0.1, -0.05) is 12.1 Å². The molecule has 0 aliphatic carbocycles. The van der Waals surface area contributed by atoms with Crippen molar-refractivity contribution in [2.24, 2.45) is 5.73 Å². The number of hydrogen-bond donors (Lipinski definition) is 5. The SMILES string of the molecule is COc1cccc(CC(C)NNC(=N)N)c1O. The summed E-state index contributed by atoms with van der Waals surface area (Å²) in [7, 11) is 1.51. The molecule has 0 bridgehead atoms. The Balaban J connectivity index is 2.64. The second-order valence-corrected chi connectivity index (χ2v) is 3.76. The summed E-state index contributed by atoms with van der Waals surface area (Å²) in [6.07, 6.45) is 0.587. The molecule has 0 radical (unpaired) electrons. The van der Waals surface area contributed by atoms with Crippen LogP contribution < -0.4 is 21.3 Å². The van der Waals surface area contributed by atoms with Gasteiger partial charge < -0.3 is 15.6 Å². The molecule has 0 spiro atoms. The van der Waals surface area contributed by atoms with Gasteiger partial charge in [-0.3, -0.25) is 10.8 Å². The molecule has 6 nitrogen and oxygen atoms in total. The Hall–Kier alpha value is -1.95. The van der Waals surface area contributed by atoms with Crippen molar-refractivity contribution in [3.8, 4) is 11.5 Å². The van der Waals surface area contributed by atoms with Gasteiger partial charge in [0.2, 0.25) is 0 Å². The molecule has 1 rings (SSSR count). The van der Waals surface area contributed by atoms with Crippen molar-refractivity contribution in [1.29, 1.82) is 5.41 Å². The topological polar surface area (TPSA) is 103 Å². The Labute approximate surface area is 100 Å². The smallest absolute Gasteiger partial charge is 0.200 e. The molecule has 0 heterocycles. The van der Waals surface area contributed by atoms with Crippen molar-refractivity contribution < 1.29 is 9.84 Å². The maximum Gasteiger partial charge on any atom is 0.200 e. The third-order valence-corrected chi connectivity index (χ3v) is 2.28. The lowest BCUT2D eigenvalue weighted by atomic mass is 10.1. The average molecular weight is 238 g/mol. The number of benzene rings is 1. The van der Waals surface area contributed by atoms with Crippen LogP contribution in [0.3, 0.4) is 0 Å². The van der Waals surface area contributed by atoms with Crippen molar-refractivity contribution in [3.63, 3.8) is 0 Å². The van der Waals surface area contributed by atoms with E-state index in [2.05, 4.69) is 10.9 Å². The third kappa shape index (κ3) is 3.84. The second-order valence-electron chi connectivity index (χ2n) is 3.76. The molecule has 1 aromatic rings. The molecule has 6 heteroatoms. The minimum atomic E-state index is -0.147. The van der Waals surface area contributed by atoms with E-state index in [4.69, 9.17) is 15.9 Å². The van der Waals surface area contributed by atoms with Crippen LogP contribution in [0.15, 0.2) is 18.2 Å². The minimum Gasteiger partial charge on any atom is -0.504 e. The lowest BCUT2D eigenvalue weighted by Gasteiger charge is -2.16. The van der Waals surface area contributed by atoms with E-state index in [0.717, 1.165) is 5.56 Å². The van der Waals surface area contributed by atoms with Gasteiger partial charge in [-0.15, -0.1) is 0 Å². The van der Waals surface area contributed by atoms with Crippen LogP contribution in [-0.2, 0) is 6.42 Å². The van der Waals surface area contributed by atoms with Gasteiger partial charge >= 0.3 is 0 Å². The molecular formula is C11H18N4O2. The van der Waals surface area contributed by atoms with Crippen LogP contribution in [0.1, 0.15) is 12.5 Å². The van der Waals surface area contributed by atoms with Crippen LogP contribution >= 0.6 is 0 Å². The summed E-state index contributed by atoms with van der Waals surface area (Å²) in [4.78, 5) is 0. The number of hydrazine groups is 1. The van der Waals surface area contributed by atoms with E-state index in [1.54, 1.807) is 6.07 Å². The van der Waals surface area contributed by atoms with Gasteiger partial charge in [0.15, 0.2) is 17.5 Å². The first-order valence-electron chi connectivity index (χ1n) is 5.25. The molecule has 0 amide bonds. The monoisotopic (exact) mass is 238 g/mol. The fourth-order valence-electron chi connectivity index (χ4n) is 1.48.